The van der Waals surface area contributed by atoms with Crippen molar-refractivity contribution in [1.82, 2.24) is 0 Å². The molecule has 0 aliphatic rings. The van der Waals surface area contributed by atoms with Crippen molar-refractivity contribution in [2.24, 2.45) is 0 Å². The molecular formula is C48H54Ge3. The van der Waals surface area contributed by atoms with Crippen LogP contribution in [0.15, 0.2) is 109 Å². The second-order valence-electron chi connectivity index (χ2n) is 14.0. The van der Waals surface area contributed by atoms with Gasteiger partial charge >= 0.3 is 332 Å². The number of hydrogen-bond acceptors (Lipinski definition) is 0. The topological polar surface area (TPSA) is 0 Å². The molecule has 0 aliphatic heterocycles. The Morgan fingerprint density at radius 2 is 0.294 bits per heavy atom. The van der Waals surface area contributed by atoms with Crippen LogP contribution in [0.25, 0.3) is 0 Å². The average molecular weight is 849 g/mol. The molecule has 3 heteroatoms. The Morgan fingerprint density at radius 3 is 0.392 bits per heavy atom. The van der Waals surface area contributed by atoms with E-state index in [0.29, 0.717) is 0 Å². The van der Waals surface area contributed by atoms with E-state index in [1.807, 2.05) is 0 Å². The van der Waals surface area contributed by atoms with Gasteiger partial charge in [0, 0.05) is 0 Å². The van der Waals surface area contributed by atoms with Crippen LogP contribution in [0.1, 0.15) is 66.8 Å². The predicted octanol–water partition coefficient (Wildman–Crippen LogP) is 7.73. The van der Waals surface area contributed by atoms with E-state index in [2.05, 4.69) is 192 Å². The van der Waals surface area contributed by atoms with E-state index in [1.165, 1.54) is 66.8 Å². The molecule has 6 aromatic carbocycles. The predicted molar refractivity (Wildman–Crippen MR) is 231 cm³/mol. The van der Waals surface area contributed by atoms with Crippen molar-refractivity contribution in [3.05, 3.63) is 176 Å². The van der Waals surface area contributed by atoms with Gasteiger partial charge in [-0.2, -0.15) is 0 Å². The summed E-state index contributed by atoms with van der Waals surface area (Å²) in [6.45, 7) is 26.8. The summed E-state index contributed by atoms with van der Waals surface area (Å²) >= 11 is -0.629. The van der Waals surface area contributed by atoms with Gasteiger partial charge in [-0.1, -0.05) is 0 Å². The summed E-state index contributed by atoms with van der Waals surface area (Å²) in [6.07, 6.45) is 0. The first-order chi connectivity index (χ1) is 24.3. The number of rotatable bonds is 6. The first-order valence-corrected chi connectivity index (χ1v) is 24.3. The molecule has 6 aromatic rings. The zero-order valence-electron chi connectivity index (χ0n) is 32.9. The van der Waals surface area contributed by atoms with E-state index >= 15 is 0 Å². The standard InChI is InChI=1S/3C16H18Ge/c3*1-11-7-5-8-12(2)15(11)17-16-13(3)9-6-10-14(16)4/h3*5-10H,1-4H3. The van der Waals surface area contributed by atoms with Crippen LogP contribution in [0.2, 0.25) is 0 Å². The third kappa shape index (κ3) is 11.0. The van der Waals surface area contributed by atoms with Crippen molar-refractivity contribution in [2.45, 2.75) is 83.1 Å². The molecule has 0 heterocycles. The van der Waals surface area contributed by atoms with Crippen LogP contribution < -0.4 is 26.4 Å². The van der Waals surface area contributed by atoms with E-state index in [-0.39, 0.29) is 46.3 Å². The van der Waals surface area contributed by atoms with Crippen molar-refractivity contribution < 1.29 is 0 Å². The molecule has 0 fully saturated rings. The fourth-order valence-electron chi connectivity index (χ4n) is 6.44. The van der Waals surface area contributed by atoms with Crippen LogP contribution in [0.3, 0.4) is 0 Å². The molecule has 51 heavy (non-hydrogen) atoms. The summed E-state index contributed by atoms with van der Waals surface area (Å²) in [7, 11) is 0. The minimum atomic E-state index is -0.210. The molecular weight excluding hydrogens is 794 g/mol. The van der Waals surface area contributed by atoms with Gasteiger partial charge in [0.1, 0.15) is 0 Å². The third-order valence-corrected chi connectivity index (χ3v) is 22.7. The molecule has 258 valence electrons. The van der Waals surface area contributed by atoms with E-state index in [0.717, 1.165) is 0 Å². The fourth-order valence-corrected chi connectivity index (χ4v) is 15.1. The summed E-state index contributed by atoms with van der Waals surface area (Å²) in [5, 5.41) is 0. The van der Waals surface area contributed by atoms with Crippen LogP contribution in [-0.2, 0) is 0 Å². The van der Waals surface area contributed by atoms with E-state index in [9.17, 15) is 0 Å². The van der Waals surface area contributed by atoms with Crippen molar-refractivity contribution in [3.8, 4) is 0 Å². The second kappa shape index (κ2) is 19.1. The molecule has 0 aromatic heterocycles. The maximum atomic E-state index is 2.24. The summed E-state index contributed by atoms with van der Waals surface area (Å²) in [5.74, 6) is 0. The molecule has 6 radical (unpaired) electrons. The van der Waals surface area contributed by atoms with Crippen LogP contribution in [-0.4, -0.2) is 46.3 Å². The molecule has 0 amide bonds. The van der Waals surface area contributed by atoms with Gasteiger partial charge in [-0.3, -0.25) is 0 Å². The summed E-state index contributed by atoms with van der Waals surface area (Å²) in [4.78, 5) is 0. The van der Waals surface area contributed by atoms with Gasteiger partial charge < -0.3 is 0 Å². The van der Waals surface area contributed by atoms with Gasteiger partial charge in [-0.15, -0.1) is 0 Å². The molecule has 0 atom stereocenters. The maximum absolute atomic E-state index is 2.24. The Morgan fingerprint density at radius 1 is 0.196 bits per heavy atom. The van der Waals surface area contributed by atoms with Crippen LogP contribution >= 0.6 is 0 Å². The zero-order valence-corrected chi connectivity index (χ0v) is 39.2. The Balaban J connectivity index is 0.000000172. The monoisotopic (exact) mass is 852 g/mol. The van der Waals surface area contributed by atoms with Gasteiger partial charge in [0.2, 0.25) is 0 Å². The van der Waals surface area contributed by atoms with Crippen LogP contribution in [0, 0.1) is 83.1 Å². The second-order valence-corrected chi connectivity index (χ2v) is 21.8. The van der Waals surface area contributed by atoms with Gasteiger partial charge in [-0.05, 0) is 0 Å². The summed E-state index contributed by atoms with van der Waals surface area (Å²) in [6, 6.07) is 39.8. The van der Waals surface area contributed by atoms with E-state index in [4.69, 9.17) is 0 Å². The normalized spacial score (nSPS) is 10.6. The molecule has 0 nitrogen and oxygen atoms in total. The van der Waals surface area contributed by atoms with Crippen LogP contribution in [0.4, 0.5) is 0 Å². The van der Waals surface area contributed by atoms with Crippen molar-refractivity contribution >= 4 is 72.7 Å². The number of aryl methyl sites for hydroxylation is 12. The third-order valence-electron chi connectivity index (χ3n) is 9.64. The first-order valence-electron chi connectivity index (χ1n) is 18.0. The molecule has 6 rings (SSSR count). The van der Waals surface area contributed by atoms with E-state index < -0.39 is 0 Å². The SMILES string of the molecule is Cc1cccc(C)[c]1[Ge][c]1c(C)cccc1C.Cc1cccc(C)[c]1[Ge][c]1c(C)cccc1C.Cc1cccc(C)[c]1[Ge][c]1c(C)cccc1C. The average Bonchev–Trinajstić information content (AvgIpc) is 3.07. The summed E-state index contributed by atoms with van der Waals surface area (Å²) in [5.41, 5.74) is 17.4. The number of hydrogen-bond donors (Lipinski definition) is 0. The van der Waals surface area contributed by atoms with Crippen molar-refractivity contribution in [3.63, 3.8) is 0 Å². The molecule has 0 unspecified atom stereocenters. The molecule has 0 N–H and O–H groups in total. The Labute approximate surface area is 329 Å². The van der Waals surface area contributed by atoms with Crippen molar-refractivity contribution in [2.75, 3.05) is 0 Å². The van der Waals surface area contributed by atoms with Gasteiger partial charge in [0.05, 0.1) is 0 Å². The van der Waals surface area contributed by atoms with Gasteiger partial charge in [0.25, 0.3) is 0 Å². The summed E-state index contributed by atoms with van der Waals surface area (Å²) < 4.78 is 9.61. The Hall–Kier alpha value is -3.05. The Kier molecular flexibility index (Phi) is 15.3. The number of benzene rings is 6. The molecule has 0 spiro atoms. The van der Waals surface area contributed by atoms with Crippen molar-refractivity contribution in [1.29, 1.82) is 0 Å². The van der Waals surface area contributed by atoms with Gasteiger partial charge in [-0.25, -0.2) is 0 Å². The molecule has 0 saturated carbocycles. The minimum absolute atomic E-state index is 0.210. The molecule has 0 aliphatic carbocycles. The van der Waals surface area contributed by atoms with Crippen LogP contribution in [0.5, 0.6) is 0 Å². The molecule has 0 bridgehead atoms. The fraction of sp³-hybridized carbons (Fsp3) is 0.250. The first kappa shape index (κ1) is 40.7. The zero-order chi connectivity index (χ0) is 37.2. The Bertz CT molecular complexity index is 1590. The quantitative estimate of drug-likeness (QED) is 0.151. The van der Waals surface area contributed by atoms with Gasteiger partial charge in [0.15, 0.2) is 0 Å². The van der Waals surface area contributed by atoms with E-state index in [1.54, 1.807) is 26.4 Å². The molecule has 0 saturated heterocycles.